The van der Waals surface area contributed by atoms with Crippen LogP contribution in [0.2, 0.25) is 5.02 Å². The molecule has 0 aliphatic heterocycles. The zero-order valence-electron chi connectivity index (χ0n) is 9.18. The highest BCUT2D eigenvalue weighted by molar-refractivity contribution is 6.31. The predicted octanol–water partition coefficient (Wildman–Crippen LogP) is 2.44. The molecule has 5 nitrogen and oxygen atoms in total. The fraction of sp³-hybridized carbons (Fsp3) is 0.273. The lowest BCUT2D eigenvalue weighted by Gasteiger charge is -2.03. The summed E-state index contributed by atoms with van der Waals surface area (Å²) >= 11 is 6.01. The summed E-state index contributed by atoms with van der Waals surface area (Å²) in [6.07, 6.45) is 3.51. The number of aromatic carboxylic acids is 1. The van der Waals surface area contributed by atoms with Crippen LogP contribution in [0.1, 0.15) is 28.7 Å². The van der Waals surface area contributed by atoms with Crippen LogP contribution in [0.5, 0.6) is 0 Å². The van der Waals surface area contributed by atoms with E-state index in [1.165, 1.54) is 12.3 Å². The van der Waals surface area contributed by atoms with E-state index in [-0.39, 0.29) is 5.76 Å². The minimum atomic E-state index is -1.08. The Morgan fingerprint density at radius 2 is 2.41 bits per heavy atom. The van der Waals surface area contributed by atoms with Crippen molar-refractivity contribution in [3.05, 3.63) is 40.6 Å². The molecule has 2 aromatic rings. The number of furan rings is 1. The van der Waals surface area contributed by atoms with Crippen LogP contribution in [0.4, 0.5) is 0 Å². The first-order valence-corrected chi connectivity index (χ1v) is 5.50. The van der Waals surface area contributed by atoms with Gasteiger partial charge in [0.25, 0.3) is 0 Å². The molecule has 0 saturated carbocycles. The van der Waals surface area contributed by atoms with Gasteiger partial charge in [0.2, 0.25) is 5.76 Å². The van der Waals surface area contributed by atoms with Crippen LogP contribution in [-0.2, 0) is 13.0 Å². The van der Waals surface area contributed by atoms with Crippen LogP contribution in [0.3, 0.4) is 0 Å². The average molecular weight is 255 g/mol. The number of carboxylic acid groups (broad SMARTS) is 1. The van der Waals surface area contributed by atoms with Crippen molar-refractivity contribution in [1.82, 2.24) is 9.78 Å². The number of carbonyl (C=O) groups is 1. The van der Waals surface area contributed by atoms with Crippen molar-refractivity contribution in [2.24, 2.45) is 0 Å². The van der Waals surface area contributed by atoms with Crippen molar-refractivity contribution in [2.45, 2.75) is 19.9 Å². The van der Waals surface area contributed by atoms with E-state index in [2.05, 4.69) is 5.10 Å². The molecule has 0 bridgehead atoms. The summed E-state index contributed by atoms with van der Waals surface area (Å²) in [5.41, 5.74) is 1.62. The molecule has 0 aromatic carbocycles. The van der Waals surface area contributed by atoms with Gasteiger partial charge in [0.05, 0.1) is 23.2 Å². The third kappa shape index (κ3) is 2.34. The van der Waals surface area contributed by atoms with Crippen molar-refractivity contribution in [1.29, 1.82) is 0 Å². The van der Waals surface area contributed by atoms with Gasteiger partial charge in [0, 0.05) is 13.0 Å². The van der Waals surface area contributed by atoms with E-state index in [9.17, 15) is 4.79 Å². The van der Waals surface area contributed by atoms with Gasteiger partial charge in [-0.05, 0) is 18.6 Å². The van der Waals surface area contributed by atoms with Crippen LogP contribution in [0, 0.1) is 0 Å². The second-order valence-electron chi connectivity index (χ2n) is 3.56. The fourth-order valence-electron chi connectivity index (χ4n) is 1.61. The molecule has 0 fully saturated rings. The molecule has 0 spiro atoms. The standard InChI is InChI=1S/C11H11ClN2O3/c1-2-14-9(8(12)5-13-14)3-7-4-10(11(15)16)17-6-7/h4-6H,2-3H2,1H3,(H,15,16). The number of aryl methyl sites for hydroxylation is 1. The molecule has 2 heterocycles. The molecule has 0 unspecified atom stereocenters. The first-order chi connectivity index (χ1) is 8.11. The maximum Gasteiger partial charge on any atom is 0.371 e. The second-order valence-corrected chi connectivity index (χ2v) is 3.96. The summed E-state index contributed by atoms with van der Waals surface area (Å²) in [4.78, 5) is 10.7. The Labute approximate surface area is 103 Å². The van der Waals surface area contributed by atoms with Crippen molar-refractivity contribution < 1.29 is 14.3 Å². The van der Waals surface area contributed by atoms with Gasteiger partial charge in [0.15, 0.2) is 0 Å². The van der Waals surface area contributed by atoms with E-state index in [1.54, 1.807) is 10.9 Å². The summed E-state index contributed by atoms with van der Waals surface area (Å²) in [6, 6.07) is 1.49. The van der Waals surface area contributed by atoms with Crippen LogP contribution in [-0.4, -0.2) is 20.9 Å². The molecule has 0 radical (unpaired) electrons. The highest BCUT2D eigenvalue weighted by atomic mass is 35.5. The lowest BCUT2D eigenvalue weighted by atomic mass is 10.2. The van der Waals surface area contributed by atoms with E-state index < -0.39 is 5.97 Å². The molecule has 17 heavy (non-hydrogen) atoms. The molecule has 1 N–H and O–H groups in total. The summed E-state index contributed by atoms with van der Waals surface area (Å²) in [6.45, 7) is 2.68. The van der Waals surface area contributed by atoms with Crippen LogP contribution in [0.15, 0.2) is 22.9 Å². The van der Waals surface area contributed by atoms with E-state index in [0.29, 0.717) is 18.0 Å². The predicted molar refractivity (Wildman–Crippen MR) is 61.4 cm³/mol. The minimum absolute atomic E-state index is 0.0707. The first-order valence-electron chi connectivity index (χ1n) is 5.12. The molecule has 6 heteroatoms. The third-order valence-electron chi connectivity index (χ3n) is 2.43. The Bertz CT molecular complexity index is 545. The summed E-state index contributed by atoms with van der Waals surface area (Å²) in [7, 11) is 0. The number of halogens is 1. The third-order valence-corrected chi connectivity index (χ3v) is 2.75. The van der Waals surface area contributed by atoms with Crippen LogP contribution >= 0.6 is 11.6 Å². The monoisotopic (exact) mass is 254 g/mol. The molecule has 0 aliphatic rings. The first kappa shape index (κ1) is 11.7. The Morgan fingerprint density at radius 3 is 3.00 bits per heavy atom. The second kappa shape index (κ2) is 4.63. The Morgan fingerprint density at radius 1 is 1.65 bits per heavy atom. The summed E-state index contributed by atoms with van der Waals surface area (Å²) < 4.78 is 6.69. The van der Waals surface area contributed by atoms with Gasteiger partial charge < -0.3 is 9.52 Å². The van der Waals surface area contributed by atoms with Gasteiger partial charge in [-0.1, -0.05) is 11.6 Å². The molecular formula is C11H11ClN2O3. The van der Waals surface area contributed by atoms with Crippen LogP contribution in [0.25, 0.3) is 0 Å². The van der Waals surface area contributed by atoms with Crippen LogP contribution < -0.4 is 0 Å². The van der Waals surface area contributed by atoms with Crippen molar-refractivity contribution >= 4 is 17.6 Å². The van der Waals surface area contributed by atoms with E-state index in [4.69, 9.17) is 21.1 Å². The Balaban J connectivity index is 2.24. The Kier molecular flexibility index (Phi) is 3.19. The number of rotatable bonds is 4. The highest BCUT2D eigenvalue weighted by Gasteiger charge is 2.13. The number of nitrogens with zero attached hydrogens (tertiary/aromatic N) is 2. The number of carboxylic acids is 1. The lowest BCUT2D eigenvalue weighted by molar-refractivity contribution is 0.0662. The maximum atomic E-state index is 10.7. The molecule has 90 valence electrons. The lowest BCUT2D eigenvalue weighted by Crippen LogP contribution is -2.03. The molecule has 0 atom stereocenters. The smallest absolute Gasteiger partial charge is 0.371 e. The molecule has 2 rings (SSSR count). The quantitative estimate of drug-likeness (QED) is 0.910. The normalized spacial score (nSPS) is 10.7. The van der Waals surface area contributed by atoms with Gasteiger partial charge in [0.1, 0.15) is 0 Å². The maximum absolute atomic E-state index is 10.7. The fourth-order valence-corrected chi connectivity index (χ4v) is 1.82. The van der Waals surface area contributed by atoms with Crippen molar-refractivity contribution in [2.75, 3.05) is 0 Å². The number of hydrogen-bond acceptors (Lipinski definition) is 3. The molecule has 0 aliphatic carbocycles. The van der Waals surface area contributed by atoms with Gasteiger partial charge in [-0.15, -0.1) is 0 Å². The average Bonchev–Trinajstić information content (AvgIpc) is 2.88. The highest BCUT2D eigenvalue weighted by Crippen LogP contribution is 2.20. The van der Waals surface area contributed by atoms with E-state index in [1.807, 2.05) is 6.92 Å². The largest absolute Gasteiger partial charge is 0.475 e. The minimum Gasteiger partial charge on any atom is -0.475 e. The molecule has 0 saturated heterocycles. The topological polar surface area (TPSA) is 68.3 Å². The van der Waals surface area contributed by atoms with E-state index in [0.717, 1.165) is 11.3 Å². The SMILES string of the molecule is CCn1ncc(Cl)c1Cc1coc(C(=O)O)c1. The van der Waals surface area contributed by atoms with Gasteiger partial charge >= 0.3 is 5.97 Å². The molecular weight excluding hydrogens is 244 g/mol. The van der Waals surface area contributed by atoms with Gasteiger partial charge in [-0.25, -0.2) is 4.79 Å². The molecule has 0 amide bonds. The van der Waals surface area contributed by atoms with Crippen molar-refractivity contribution in [3.63, 3.8) is 0 Å². The van der Waals surface area contributed by atoms with E-state index >= 15 is 0 Å². The molecule has 2 aromatic heterocycles. The Hall–Kier alpha value is -1.75. The van der Waals surface area contributed by atoms with Gasteiger partial charge in [-0.3, -0.25) is 4.68 Å². The summed E-state index contributed by atoms with van der Waals surface area (Å²) in [5.74, 6) is -1.15. The van der Waals surface area contributed by atoms with Gasteiger partial charge in [-0.2, -0.15) is 5.10 Å². The number of hydrogen-bond donors (Lipinski definition) is 1. The number of aromatic nitrogens is 2. The zero-order valence-corrected chi connectivity index (χ0v) is 9.94. The summed E-state index contributed by atoms with van der Waals surface area (Å²) in [5, 5.41) is 13.4. The van der Waals surface area contributed by atoms with Crippen molar-refractivity contribution in [3.8, 4) is 0 Å². The zero-order chi connectivity index (χ0) is 12.4.